The Bertz CT molecular complexity index is 537. The van der Waals surface area contributed by atoms with Crippen LogP contribution in [0.25, 0.3) is 0 Å². The number of benzene rings is 1. The summed E-state index contributed by atoms with van der Waals surface area (Å²) >= 11 is 0. The molecule has 0 saturated heterocycles. The van der Waals surface area contributed by atoms with Gasteiger partial charge in [-0.2, -0.15) is 5.10 Å². The average Bonchev–Trinajstić information content (AvgIpc) is 2.44. The number of rotatable bonds is 4. The van der Waals surface area contributed by atoms with Crippen LogP contribution in [0.3, 0.4) is 0 Å². The van der Waals surface area contributed by atoms with Crippen LogP contribution in [0.4, 0.5) is 5.69 Å². The Labute approximate surface area is 127 Å². The zero-order valence-corrected chi connectivity index (χ0v) is 13.2. The lowest BCUT2D eigenvalue weighted by molar-refractivity contribution is -0.119. The first-order valence-corrected chi connectivity index (χ1v) is 7.70. The SMILES string of the molecule is Cc1ccc(NCC(=O)NN=C2CCC[C@H](C)C2)c(C)c1. The van der Waals surface area contributed by atoms with Crippen molar-refractivity contribution in [3.05, 3.63) is 29.3 Å². The molecule has 0 aliphatic heterocycles. The van der Waals surface area contributed by atoms with Crippen molar-refractivity contribution in [1.82, 2.24) is 5.43 Å². The standard InChI is InChI=1S/C17H25N3O/c1-12-5-4-6-15(10-12)19-20-17(21)11-18-16-8-7-13(2)9-14(16)3/h7-9,12,18H,4-6,10-11H2,1-3H3,(H,20,21)/t12-/m0/s1. The van der Waals surface area contributed by atoms with Gasteiger partial charge in [0.1, 0.15) is 0 Å². The van der Waals surface area contributed by atoms with Crippen molar-refractivity contribution in [2.45, 2.75) is 46.5 Å². The Balaban J connectivity index is 1.80. The summed E-state index contributed by atoms with van der Waals surface area (Å²) < 4.78 is 0. The third-order valence-corrected chi connectivity index (χ3v) is 3.91. The number of hydrogen-bond donors (Lipinski definition) is 2. The van der Waals surface area contributed by atoms with E-state index in [2.05, 4.69) is 35.8 Å². The first-order chi connectivity index (χ1) is 10.0. The largest absolute Gasteiger partial charge is 0.376 e. The third-order valence-electron chi connectivity index (χ3n) is 3.91. The van der Waals surface area contributed by atoms with E-state index in [1.54, 1.807) is 0 Å². The lowest BCUT2D eigenvalue weighted by Gasteiger charge is -2.19. The van der Waals surface area contributed by atoms with Gasteiger partial charge in [-0.05, 0) is 57.1 Å². The highest BCUT2D eigenvalue weighted by Gasteiger charge is 2.14. The number of aryl methyl sites for hydroxylation is 2. The van der Waals surface area contributed by atoms with Crippen LogP contribution in [0.5, 0.6) is 0 Å². The van der Waals surface area contributed by atoms with Crippen molar-refractivity contribution >= 4 is 17.3 Å². The van der Waals surface area contributed by atoms with Crippen molar-refractivity contribution < 1.29 is 4.79 Å². The number of anilines is 1. The fourth-order valence-corrected chi connectivity index (χ4v) is 2.73. The molecule has 1 aliphatic rings. The van der Waals surface area contributed by atoms with Crippen LogP contribution in [0, 0.1) is 19.8 Å². The van der Waals surface area contributed by atoms with E-state index in [1.165, 1.54) is 18.4 Å². The fraction of sp³-hybridized carbons (Fsp3) is 0.529. The maximum Gasteiger partial charge on any atom is 0.259 e. The summed E-state index contributed by atoms with van der Waals surface area (Å²) in [6.45, 7) is 6.58. The van der Waals surface area contributed by atoms with Crippen LogP contribution in [-0.4, -0.2) is 18.2 Å². The molecule has 0 heterocycles. The number of nitrogens with one attached hydrogen (secondary N) is 2. The molecule has 1 saturated carbocycles. The molecule has 21 heavy (non-hydrogen) atoms. The predicted octanol–water partition coefficient (Wildman–Crippen LogP) is 3.40. The quantitative estimate of drug-likeness (QED) is 0.834. The van der Waals surface area contributed by atoms with Gasteiger partial charge in [-0.1, -0.05) is 24.6 Å². The Kier molecular flexibility index (Phi) is 5.37. The first-order valence-electron chi connectivity index (χ1n) is 7.70. The normalized spacial score (nSPS) is 20.3. The minimum absolute atomic E-state index is 0.0966. The van der Waals surface area contributed by atoms with E-state index >= 15 is 0 Å². The molecule has 1 amide bonds. The summed E-state index contributed by atoms with van der Waals surface area (Å²) in [6.07, 6.45) is 4.46. The molecule has 1 fully saturated rings. The van der Waals surface area contributed by atoms with E-state index in [0.717, 1.165) is 29.8 Å². The number of carbonyl (C=O) groups is 1. The Morgan fingerprint density at radius 2 is 2.19 bits per heavy atom. The van der Waals surface area contributed by atoms with E-state index < -0.39 is 0 Å². The highest BCUT2D eigenvalue weighted by Crippen LogP contribution is 2.21. The van der Waals surface area contributed by atoms with Gasteiger partial charge in [-0.25, -0.2) is 5.43 Å². The molecule has 1 atom stereocenters. The number of nitrogens with zero attached hydrogens (tertiary/aromatic N) is 1. The molecule has 0 bridgehead atoms. The van der Waals surface area contributed by atoms with Gasteiger partial charge in [0.15, 0.2) is 0 Å². The molecule has 114 valence electrons. The van der Waals surface area contributed by atoms with E-state index in [4.69, 9.17) is 0 Å². The van der Waals surface area contributed by atoms with Gasteiger partial charge in [0.2, 0.25) is 0 Å². The average molecular weight is 287 g/mol. The van der Waals surface area contributed by atoms with Gasteiger partial charge in [0.25, 0.3) is 5.91 Å². The molecule has 2 N–H and O–H groups in total. The van der Waals surface area contributed by atoms with Gasteiger partial charge in [-0.15, -0.1) is 0 Å². The number of carbonyl (C=O) groups excluding carboxylic acids is 1. The fourth-order valence-electron chi connectivity index (χ4n) is 2.73. The van der Waals surface area contributed by atoms with Crippen LogP contribution in [-0.2, 0) is 4.79 Å². The molecule has 0 radical (unpaired) electrons. The number of hydrogen-bond acceptors (Lipinski definition) is 3. The molecular formula is C17H25N3O. The molecule has 1 aromatic carbocycles. The zero-order valence-electron chi connectivity index (χ0n) is 13.2. The summed E-state index contributed by atoms with van der Waals surface area (Å²) in [5.74, 6) is 0.587. The molecule has 4 nitrogen and oxygen atoms in total. The summed E-state index contributed by atoms with van der Waals surface area (Å²) in [7, 11) is 0. The molecule has 1 aliphatic carbocycles. The van der Waals surface area contributed by atoms with Crippen molar-refractivity contribution in [2.75, 3.05) is 11.9 Å². The van der Waals surface area contributed by atoms with Crippen molar-refractivity contribution in [2.24, 2.45) is 11.0 Å². The van der Waals surface area contributed by atoms with Gasteiger partial charge < -0.3 is 5.32 Å². The maximum atomic E-state index is 11.8. The number of amides is 1. The van der Waals surface area contributed by atoms with E-state index in [1.807, 2.05) is 19.1 Å². The maximum absolute atomic E-state index is 11.8. The molecule has 0 aromatic heterocycles. The molecular weight excluding hydrogens is 262 g/mol. The summed E-state index contributed by atoms with van der Waals surface area (Å²) in [4.78, 5) is 11.8. The molecule has 4 heteroatoms. The minimum atomic E-state index is -0.0966. The lowest BCUT2D eigenvalue weighted by atomic mass is 9.89. The Morgan fingerprint density at radius 3 is 2.90 bits per heavy atom. The minimum Gasteiger partial charge on any atom is -0.376 e. The first kappa shape index (κ1) is 15.5. The third kappa shape index (κ3) is 4.88. The van der Waals surface area contributed by atoms with Crippen LogP contribution >= 0.6 is 0 Å². The van der Waals surface area contributed by atoms with Crippen LogP contribution in [0.2, 0.25) is 0 Å². The summed E-state index contributed by atoms with van der Waals surface area (Å²) in [5, 5.41) is 7.41. The van der Waals surface area contributed by atoms with Crippen LogP contribution in [0.15, 0.2) is 23.3 Å². The Morgan fingerprint density at radius 1 is 1.38 bits per heavy atom. The second-order valence-corrected chi connectivity index (χ2v) is 6.09. The van der Waals surface area contributed by atoms with E-state index in [0.29, 0.717) is 5.92 Å². The molecule has 0 unspecified atom stereocenters. The van der Waals surface area contributed by atoms with E-state index in [-0.39, 0.29) is 12.5 Å². The van der Waals surface area contributed by atoms with Crippen LogP contribution in [0.1, 0.15) is 43.7 Å². The van der Waals surface area contributed by atoms with Gasteiger partial charge >= 0.3 is 0 Å². The lowest BCUT2D eigenvalue weighted by Crippen LogP contribution is -2.28. The van der Waals surface area contributed by atoms with E-state index in [9.17, 15) is 4.79 Å². The van der Waals surface area contributed by atoms with Crippen molar-refractivity contribution in [3.63, 3.8) is 0 Å². The van der Waals surface area contributed by atoms with Gasteiger partial charge in [0, 0.05) is 11.4 Å². The van der Waals surface area contributed by atoms with Crippen molar-refractivity contribution in [1.29, 1.82) is 0 Å². The van der Waals surface area contributed by atoms with Gasteiger partial charge in [-0.3, -0.25) is 4.79 Å². The van der Waals surface area contributed by atoms with Gasteiger partial charge in [0.05, 0.1) is 6.54 Å². The zero-order chi connectivity index (χ0) is 15.2. The second-order valence-electron chi connectivity index (χ2n) is 6.09. The topological polar surface area (TPSA) is 53.5 Å². The Hall–Kier alpha value is -1.84. The smallest absolute Gasteiger partial charge is 0.259 e. The number of hydrazone groups is 1. The second kappa shape index (κ2) is 7.25. The van der Waals surface area contributed by atoms with Crippen molar-refractivity contribution in [3.8, 4) is 0 Å². The monoisotopic (exact) mass is 287 g/mol. The summed E-state index contributed by atoms with van der Waals surface area (Å²) in [5.41, 5.74) is 7.15. The molecule has 1 aromatic rings. The van der Waals surface area contributed by atoms with Crippen LogP contribution < -0.4 is 10.7 Å². The summed E-state index contributed by atoms with van der Waals surface area (Å²) in [6, 6.07) is 6.15. The molecule has 2 rings (SSSR count). The molecule has 0 spiro atoms. The highest BCUT2D eigenvalue weighted by atomic mass is 16.2. The highest BCUT2D eigenvalue weighted by molar-refractivity contribution is 5.88. The predicted molar refractivity (Wildman–Crippen MR) is 87.6 cm³/mol.